The van der Waals surface area contributed by atoms with Gasteiger partial charge in [0.2, 0.25) is 0 Å². The summed E-state index contributed by atoms with van der Waals surface area (Å²) in [5.41, 5.74) is 0.0720. The molecule has 1 aromatic carbocycles. The molecule has 0 amide bonds. The number of alkyl halides is 3. The maximum absolute atomic E-state index is 12.8. The Hall–Kier alpha value is -0.550. The molecule has 5 heteroatoms. The van der Waals surface area contributed by atoms with Gasteiger partial charge in [0.05, 0.1) is 5.56 Å². The summed E-state index contributed by atoms with van der Waals surface area (Å²) in [7, 11) is 0. The van der Waals surface area contributed by atoms with Gasteiger partial charge >= 0.3 is 6.18 Å². The number of halogens is 4. The molecule has 0 fully saturated rings. The summed E-state index contributed by atoms with van der Waals surface area (Å²) in [6.07, 6.45) is -3.50. The Morgan fingerprint density at radius 1 is 1.26 bits per heavy atom. The van der Waals surface area contributed by atoms with Crippen molar-refractivity contribution in [3.8, 4) is 0 Å². The molecule has 0 aromatic heterocycles. The summed E-state index contributed by atoms with van der Waals surface area (Å²) in [6, 6.07) is 3.75. The first kappa shape index (κ1) is 16.5. The van der Waals surface area contributed by atoms with E-state index in [4.69, 9.17) is 0 Å². The molecular weight excluding hydrogens is 319 g/mol. The van der Waals surface area contributed by atoms with Crippen LogP contribution >= 0.6 is 15.9 Å². The van der Waals surface area contributed by atoms with Crippen LogP contribution in [0.2, 0.25) is 0 Å². The van der Waals surface area contributed by atoms with Crippen LogP contribution in [-0.2, 0) is 6.18 Å². The molecule has 0 aliphatic carbocycles. The summed E-state index contributed by atoms with van der Waals surface area (Å²) >= 11 is 3.35. The third-order valence-electron chi connectivity index (χ3n) is 2.86. The SMILES string of the molecule is CCNC(CC(C)C)c1cc(C(F)(F)F)ccc1Br. The Labute approximate surface area is 120 Å². The van der Waals surface area contributed by atoms with Crippen LogP contribution in [0.3, 0.4) is 0 Å². The highest BCUT2D eigenvalue weighted by molar-refractivity contribution is 9.10. The van der Waals surface area contributed by atoms with Crippen molar-refractivity contribution in [2.24, 2.45) is 5.92 Å². The first-order valence-corrected chi connectivity index (χ1v) is 7.15. The first-order chi connectivity index (χ1) is 8.75. The van der Waals surface area contributed by atoms with Crippen molar-refractivity contribution in [1.82, 2.24) is 5.32 Å². The van der Waals surface area contributed by atoms with Gasteiger partial charge < -0.3 is 5.32 Å². The number of hydrogen-bond donors (Lipinski definition) is 1. The van der Waals surface area contributed by atoms with Crippen molar-refractivity contribution in [3.05, 3.63) is 33.8 Å². The van der Waals surface area contributed by atoms with Crippen molar-refractivity contribution in [2.75, 3.05) is 6.54 Å². The van der Waals surface area contributed by atoms with Crippen molar-refractivity contribution in [2.45, 2.75) is 39.4 Å². The van der Waals surface area contributed by atoms with E-state index in [1.807, 2.05) is 6.92 Å². The zero-order chi connectivity index (χ0) is 14.6. The van der Waals surface area contributed by atoms with Crippen LogP contribution in [0.5, 0.6) is 0 Å². The van der Waals surface area contributed by atoms with Crippen LogP contribution in [0.4, 0.5) is 13.2 Å². The standard InChI is InChI=1S/C14H19BrF3N/c1-4-19-13(7-9(2)3)11-8-10(14(16,17)18)5-6-12(11)15/h5-6,8-9,13,19H,4,7H2,1-3H3. The number of benzene rings is 1. The molecule has 1 atom stereocenters. The van der Waals surface area contributed by atoms with E-state index in [-0.39, 0.29) is 6.04 Å². The monoisotopic (exact) mass is 337 g/mol. The van der Waals surface area contributed by atoms with Crippen LogP contribution in [0.15, 0.2) is 22.7 Å². The molecule has 0 radical (unpaired) electrons. The predicted octanol–water partition coefficient (Wildman–Crippen LogP) is 5.16. The minimum atomic E-state index is -4.30. The third-order valence-corrected chi connectivity index (χ3v) is 3.58. The fraction of sp³-hybridized carbons (Fsp3) is 0.571. The second-order valence-corrected chi connectivity index (χ2v) is 5.83. The van der Waals surface area contributed by atoms with Crippen LogP contribution in [0, 0.1) is 5.92 Å². The number of hydrogen-bond acceptors (Lipinski definition) is 1. The lowest BCUT2D eigenvalue weighted by atomic mass is 9.95. The first-order valence-electron chi connectivity index (χ1n) is 6.35. The number of rotatable bonds is 5. The van der Waals surface area contributed by atoms with Crippen LogP contribution < -0.4 is 5.32 Å². The molecule has 1 rings (SSSR count). The van der Waals surface area contributed by atoms with Gasteiger partial charge in [-0.3, -0.25) is 0 Å². The Morgan fingerprint density at radius 3 is 2.37 bits per heavy atom. The third kappa shape index (κ3) is 4.80. The molecular formula is C14H19BrF3N. The van der Waals surface area contributed by atoms with E-state index in [0.29, 0.717) is 16.0 Å². The summed E-state index contributed by atoms with van der Waals surface area (Å²) in [5.74, 6) is 0.408. The quantitative estimate of drug-likeness (QED) is 0.781. The largest absolute Gasteiger partial charge is 0.416 e. The lowest BCUT2D eigenvalue weighted by Gasteiger charge is -2.22. The smallest absolute Gasteiger partial charge is 0.310 e. The fourth-order valence-corrected chi connectivity index (χ4v) is 2.55. The van der Waals surface area contributed by atoms with Crippen molar-refractivity contribution in [3.63, 3.8) is 0 Å². The molecule has 0 aliphatic heterocycles. The molecule has 0 saturated heterocycles. The highest BCUT2D eigenvalue weighted by atomic mass is 79.9. The lowest BCUT2D eigenvalue weighted by molar-refractivity contribution is -0.137. The summed E-state index contributed by atoms with van der Waals surface area (Å²) in [6.45, 7) is 6.80. The van der Waals surface area contributed by atoms with Crippen LogP contribution in [0.25, 0.3) is 0 Å². The van der Waals surface area contributed by atoms with Gasteiger partial charge in [-0.25, -0.2) is 0 Å². The van der Waals surface area contributed by atoms with Crippen molar-refractivity contribution >= 4 is 15.9 Å². The van der Waals surface area contributed by atoms with Gasteiger partial charge in [-0.15, -0.1) is 0 Å². The molecule has 1 unspecified atom stereocenters. The average molecular weight is 338 g/mol. The highest BCUT2D eigenvalue weighted by Crippen LogP contribution is 2.35. The molecule has 0 aliphatic rings. The van der Waals surface area contributed by atoms with E-state index in [2.05, 4.69) is 35.1 Å². The van der Waals surface area contributed by atoms with Gasteiger partial charge in [0.15, 0.2) is 0 Å². The van der Waals surface area contributed by atoms with E-state index in [1.165, 1.54) is 12.1 Å². The van der Waals surface area contributed by atoms with E-state index in [9.17, 15) is 13.2 Å². The Morgan fingerprint density at radius 2 is 1.89 bits per heavy atom. The topological polar surface area (TPSA) is 12.0 Å². The molecule has 0 saturated carbocycles. The molecule has 0 spiro atoms. The Bertz CT molecular complexity index is 416. The Balaban J connectivity index is 3.13. The lowest BCUT2D eigenvalue weighted by Crippen LogP contribution is -2.23. The minimum absolute atomic E-state index is 0.0679. The second kappa shape index (κ2) is 6.75. The second-order valence-electron chi connectivity index (χ2n) is 4.97. The fourth-order valence-electron chi connectivity index (χ4n) is 2.03. The molecule has 0 bridgehead atoms. The van der Waals surface area contributed by atoms with Crippen LogP contribution in [0.1, 0.15) is 44.4 Å². The van der Waals surface area contributed by atoms with Gasteiger partial charge in [0.25, 0.3) is 0 Å². The van der Waals surface area contributed by atoms with Gasteiger partial charge in [-0.1, -0.05) is 36.7 Å². The van der Waals surface area contributed by atoms with Crippen molar-refractivity contribution < 1.29 is 13.2 Å². The molecule has 0 heterocycles. The summed E-state index contributed by atoms with van der Waals surface area (Å²) in [4.78, 5) is 0. The summed E-state index contributed by atoms with van der Waals surface area (Å²) < 4.78 is 39.0. The van der Waals surface area contributed by atoms with E-state index >= 15 is 0 Å². The van der Waals surface area contributed by atoms with Crippen molar-refractivity contribution in [1.29, 1.82) is 0 Å². The molecule has 1 nitrogen and oxygen atoms in total. The average Bonchev–Trinajstić information content (AvgIpc) is 2.27. The zero-order valence-corrected chi connectivity index (χ0v) is 12.9. The van der Waals surface area contributed by atoms with Gasteiger partial charge in [0, 0.05) is 10.5 Å². The molecule has 1 N–H and O–H groups in total. The van der Waals surface area contributed by atoms with Gasteiger partial charge in [-0.05, 0) is 42.6 Å². The predicted molar refractivity (Wildman–Crippen MR) is 75.0 cm³/mol. The molecule has 1 aromatic rings. The highest BCUT2D eigenvalue weighted by Gasteiger charge is 2.31. The zero-order valence-electron chi connectivity index (χ0n) is 11.3. The van der Waals surface area contributed by atoms with E-state index in [1.54, 1.807) is 0 Å². The van der Waals surface area contributed by atoms with E-state index in [0.717, 1.165) is 19.0 Å². The van der Waals surface area contributed by atoms with E-state index < -0.39 is 11.7 Å². The molecule has 108 valence electrons. The number of nitrogens with one attached hydrogen (secondary N) is 1. The van der Waals surface area contributed by atoms with Crippen LogP contribution in [-0.4, -0.2) is 6.54 Å². The minimum Gasteiger partial charge on any atom is -0.310 e. The normalized spacial score (nSPS) is 13.9. The summed E-state index contributed by atoms with van der Waals surface area (Å²) in [5, 5.41) is 3.25. The molecule has 19 heavy (non-hydrogen) atoms. The maximum atomic E-state index is 12.8. The van der Waals surface area contributed by atoms with Gasteiger partial charge in [-0.2, -0.15) is 13.2 Å². The Kier molecular flexibility index (Phi) is 5.86. The maximum Gasteiger partial charge on any atom is 0.416 e. The van der Waals surface area contributed by atoms with Gasteiger partial charge in [0.1, 0.15) is 0 Å².